The summed E-state index contributed by atoms with van der Waals surface area (Å²) in [6, 6.07) is 11.7. The highest BCUT2D eigenvalue weighted by Gasteiger charge is 2.41. The summed E-state index contributed by atoms with van der Waals surface area (Å²) in [6.45, 7) is 1.73. The average molecular weight is 471 g/mol. The number of aliphatic hydroxyl groups excluding tert-OH is 1. The van der Waals surface area contributed by atoms with Gasteiger partial charge in [-0.3, -0.25) is 9.69 Å². The first-order chi connectivity index (χ1) is 16.6. The summed E-state index contributed by atoms with van der Waals surface area (Å²) < 4.78 is 29.9. The molecule has 0 unspecified atom stereocenters. The van der Waals surface area contributed by atoms with Gasteiger partial charge in [0.1, 0.15) is 30.9 Å². The average Bonchev–Trinajstić information content (AvgIpc) is 3.43. The lowest BCUT2D eigenvalue weighted by molar-refractivity contribution is -0.123. The molecule has 0 aromatic heterocycles. The van der Waals surface area contributed by atoms with Crippen molar-refractivity contribution >= 4 is 5.91 Å². The van der Waals surface area contributed by atoms with Crippen molar-refractivity contribution in [3.63, 3.8) is 0 Å². The van der Waals surface area contributed by atoms with E-state index in [1.165, 1.54) is 49.9 Å². The summed E-state index contributed by atoms with van der Waals surface area (Å²) in [5.74, 6) is 1.25. The van der Waals surface area contributed by atoms with Crippen LogP contribution in [0, 0.1) is 5.82 Å². The summed E-state index contributed by atoms with van der Waals surface area (Å²) in [7, 11) is 0. The molecule has 7 nitrogen and oxygen atoms in total. The fraction of sp³-hybridized carbons (Fsp3) is 0.500. The summed E-state index contributed by atoms with van der Waals surface area (Å²) in [5, 5.41) is 14.4. The first-order valence-corrected chi connectivity index (χ1v) is 12.1. The number of fused-ring (bicyclic) bond motifs is 3. The van der Waals surface area contributed by atoms with E-state index in [-0.39, 0.29) is 24.8 Å². The van der Waals surface area contributed by atoms with E-state index in [1.54, 1.807) is 6.07 Å². The van der Waals surface area contributed by atoms with Crippen LogP contribution in [0.4, 0.5) is 4.39 Å². The first-order valence-electron chi connectivity index (χ1n) is 12.1. The number of nitrogens with zero attached hydrogens (tertiary/aromatic N) is 1. The second-order valence-corrected chi connectivity index (χ2v) is 9.23. The lowest BCUT2D eigenvalue weighted by Crippen LogP contribution is -2.48. The molecule has 2 aromatic rings. The molecule has 8 heteroatoms. The molecule has 182 valence electrons. The molecule has 0 aliphatic carbocycles. The fourth-order valence-electron chi connectivity index (χ4n) is 5.32. The molecule has 2 atom stereocenters. The Kier molecular flexibility index (Phi) is 6.87. The van der Waals surface area contributed by atoms with Crippen LogP contribution in [0.25, 0.3) is 0 Å². The van der Waals surface area contributed by atoms with Gasteiger partial charge >= 0.3 is 0 Å². The van der Waals surface area contributed by atoms with E-state index in [9.17, 15) is 14.3 Å². The molecule has 2 bridgehead atoms. The highest BCUT2D eigenvalue weighted by atomic mass is 19.1. The van der Waals surface area contributed by atoms with Gasteiger partial charge in [-0.1, -0.05) is 6.07 Å². The van der Waals surface area contributed by atoms with Crippen molar-refractivity contribution in [1.82, 2.24) is 10.2 Å². The topological polar surface area (TPSA) is 80.3 Å². The van der Waals surface area contributed by atoms with Crippen LogP contribution in [0.15, 0.2) is 42.5 Å². The van der Waals surface area contributed by atoms with Gasteiger partial charge in [-0.15, -0.1) is 0 Å². The number of halogens is 1. The summed E-state index contributed by atoms with van der Waals surface area (Å²) in [4.78, 5) is 15.2. The highest BCUT2D eigenvalue weighted by molar-refractivity contribution is 5.76. The Labute approximate surface area is 198 Å². The fourth-order valence-corrected chi connectivity index (χ4v) is 5.32. The predicted octanol–water partition coefficient (Wildman–Crippen LogP) is 3.21. The Hall–Kier alpha value is -2.84. The summed E-state index contributed by atoms with van der Waals surface area (Å²) in [5.41, 5.74) is 0.684. The minimum atomic E-state index is -0.891. The number of aliphatic hydroxyl groups is 1. The number of rotatable bonds is 9. The van der Waals surface area contributed by atoms with Gasteiger partial charge in [0.25, 0.3) is 0 Å². The van der Waals surface area contributed by atoms with Crippen LogP contribution in [-0.2, 0) is 4.79 Å². The monoisotopic (exact) mass is 470 g/mol. The smallest absolute Gasteiger partial charge is 0.223 e. The molecule has 3 heterocycles. The number of carbonyl (C=O) groups excluding carboxylic acids is 1. The van der Waals surface area contributed by atoms with Gasteiger partial charge in [0.2, 0.25) is 5.91 Å². The maximum atomic E-state index is 13.1. The van der Waals surface area contributed by atoms with Gasteiger partial charge in [0, 0.05) is 18.6 Å². The van der Waals surface area contributed by atoms with Crippen LogP contribution in [0.2, 0.25) is 0 Å². The quantitative estimate of drug-likeness (QED) is 0.586. The third kappa shape index (κ3) is 5.13. The van der Waals surface area contributed by atoms with Crippen LogP contribution in [0.5, 0.6) is 17.2 Å². The number of hydrogen-bond donors (Lipinski definition) is 2. The third-order valence-corrected chi connectivity index (χ3v) is 7.06. The molecule has 3 aliphatic heterocycles. The lowest BCUT2D eigenvalue weighted by atomic mass is 10.0. The van der Waals surface area contributed by atoms with Crippen molar-refractivity contribution < 1.29 is 28.5 Å². The molecule has 5 rings (SSSR count). The molecule has 0 spiro atoms. The minimum Gasteiger partial charge on any atom is -0.493 e. The summed E-state index contributed by atoms with van der Waals surface area (Å²) >= 11 is 0. The Morgan fingerprint density at radius 1 is 1.06 bits per heavy atom. The van der Waals surface area contributed by atoms with Gasteiger partial charge in [-0.2, -0.15) is 0 Å². The molecule has 2 N–H and O–H groups in total. The third-order valence-electron chi connectivity index (χ3n) is 7.06. The van der Waals surface area contributed by atoms with Crippen LogP contribution in [0.3, 0.4) is 0 Å². The normalized spacial score (nSPS) is 22.9. The minimum absolute atomic E-state index is 0.134. The second kappa shape index (κ2) is 10.2. The van der Waals surface area contributed by atoms with Gasteiger partial charge in [0.05, 0.1) is 19.1 Å². The lowest BCUT2D eigenvalue weighted by Gasteiger charge is -2.32. The number of hydrogen-bond acceptors (Lipinski definition) is 6. The van der Waals surface area contributed by atoms with Gasteiger partial charge in [-0.05, 0) is 67.6 Å². The molecular formula is C26H31FN2O5. The molecule has 2 saturated heterocycles. The Balaban J connectivity index is 1.25. The van der Waals surface area contributed by atoms with Crippen molar-refractivity contribution in [2.75, 3.05) is 26.4 Å². The van der Waals surface area contributed by atoms with Crippen LogP contribution in [-0.4, -0.2) is 60.4 Å². The van der Waals surface area contributed by atoms with E-state index in [0.29, 0.717) is 54.7 Å². The van der Waals surface area contributed by atoms with Crippen molar-refractivity contribution in [2.45, 2.75) is 56.3 Å². The van der Waals surface area contributed by atoms with Gasteiger partial charge in [-0.25, -0.2) is 4.39 Å². The molecule has 0 saturated carbocycles. The number of benzene rings is 2. The van der Waals surface area contributed by atoms with E-state index in [1.807, 2.05) is 12.1 Å². The molecule has 0 radical (unpaired) electrons. The first kappa shape index (κ1) is 22.9. The molecule has 1 amide bonds. The molecular weight excluding hydrogens is 439 g/mol. The molecule has 2 aromatic carbocycles. The van der Waals surface area contributed by atoms with E-state index in [2.05, 4.69) is 10.2 Å². The van der Waals surface area contributed by atoms with Gasteiger partial charge < -0.3 is 24.6 Å². The molecule has 34 heavy (non-hydrogen) atoms. The Morgan fingerprint density at radius 2 is 1.74 bits per heavy atom. The van der Waals surface area contributed by atoms with Crippen molar-refractivity contribution in [3.05, 3.63) is 53.8 Å². The van der Waals surface area contributed by atoms with Crippen molar-refractivity contribution in [2.24, 2.45) is 0 Å². The standard InChI is InChI=1S/C26H31FN2O5/c27-18-2-8-21(9-3-18)32-12-11-25(30)28-22(16-29-19-4-5-20(29)7-6-19)26(31)17-1-10-23-24(15-17)34-14-13-33-23/h1-3,8-10,15,19-20,22,26,31H,4-7,11-14,16H2,(H,28,30)/t19?,20?,22-,26-/m1/s1. The van der Waals surface area contributed by atoms with E-state index >= 15 is 0 Å². The number of carbonyl (C=O) groups is 1. The van der Waals surface area contributed by atoms with E-state index in [0.717, 1.165) is 0 Å². The molecule has 3 aliphatic rings. The van der Waals surface area contributed by atoms with Crippen LogP contribution >= 0.6 is 0 Å². The highest BCUT2D eigenvalue weighted by Crippen LogP contribution is 2.39. The SMILES string of the molecule is O=C(CCOc1ccc(F)cc1)N[C@H](CN1C2CCC1CC2)[C@H](O)c1ccc2c(c1)OCCO2. The number of amides is 1. The maximum absolute atomic E-state index is 13.1. The van der Waals surface area contributed by atoms with E-state index in [4.69, 9.17) is 14.2 Å². The number of ether oxygens (including phenoxy) is 3. The van der Waals surface area contributed by atoms with Gasteiger partial charge in [0.15, 0.2) is 11.5 Å². The zero-order chi connectivity index (χ0) is 23.5. The zero-order valence-electron chi connectivity index (χ0n) is 19.1. The zero-order valence-corrected chi connectivity index (χ0v) is 19.1. The van der Waals surface area contributed by atoms with E-state index < -0.39 is 12.1 Å². The largest absolute Gasteiger partial charge is 0.493 e. The van der Waals surface area contributed by atoms with Crippen molar-refractivity contribution in [3.8, 4) is 17.2 Å². The Morgan fingerprint density at radius 3 is 2.44 bits per heavy atom. The predicted molar refractivity (Wildman–Crippen MR) is 124 cm³/mol. The molecule has 2 fully saturated rings. The van der Waals surface area contributed by atoms with Crippen LogP contribution < -0.4 is 19.5 Å². The van der Waals surface area contributed by atoms with Crippen molar-refractivity contribution in [1.29, 1.82) is 0 Å². The Bertz CT molecular complexity index is 981. The maximum Gasteiger partial charge on any atom is 0.223 e. The second-order valence-electron chi connectivity index (χ2n) is 9.23. The van der Waals surface area contributed by atoms with Crippen LogP contribution in [0.1, 0.15) is 43.8 Å². The summed E-state index contributed by atoms with van der Waals surface area (Å²) in [6.07, 6.45) is 3.95. The number of nitrogens with one attached hydrogen (secondary N) is 1.